The highest BCUT2D eigenvalue weighted by molar-refractivity contribution is 7.10. The van der Waals surface area contributed by atoms with E-state index in [0.29, 0.717) is 6.04 Å². The van der Waals surface area contributed by atoms with Gasteiger partial charge in [0.25, 0.3) is 0 Å². The fourth-order valence-electron chi connectivity index (χ4n) is 3.69. The van der Waals surface area contributed by atoms with Gasteiger partial charge in [0.2, 0.25) is 0 Å². The largest absolute Gasteiger partial charge is 0.496 e. The molecule has 0 bridgehead atoms. The molecule has 3 rings (SSSR count). The van der Waals surface area contributed by atoms with Crippen molar-refractivity contribution in [3.05, 3.63) is 82.0 Å². The van der Waals surface area contributed by atoms with E-state index in [0.717, 1.165) is 24.5 Å². The Morgan fingerprint density at radius 2 is 1.69 bits per heavy atom. The Kier molecular flexibility index (Phi) is 7.73. The maximum Gasteiger partial charge on any atom is 0.122 e. The summed E-state index contributed by atoms with van der Waals surface area (Å²) >= 11 is 1.83. The summed E-state index contributed by atoms with van der Waals surface area (Å²) in [6.07, 6.45) is 1.22. The van der Waals surface area contributed by atoms with E-state index < -0.39 is 0 Å². The van der Waals surface area contributed by atoms with E-state index in [1.165, 1.54) is 16.0 Å². The quantitative estimate of drug-likeness (QED) is 0.486. The molecule has 0 unspecified atom stereocenters. The van der Waals surface area contributed by atoms with Crippen molar-refractivity contribution in [3.8, 4) is 11.5 Å². The van der Waals surface area contributed by atoms with Crippen LogP contribution in [0.1, 0.15) is 55.2 Å². The van der Waals surface area contributed by atoms with Gasteiger partial charge >= 0.3 is 0 Å². The number of ether oxygens (including phenoxy) is 2. The summed E-state index contributed by atoms with van der Waals surface area (Å²) in [7, 11) is 1.75. The third-order valence-electron chi connectivity index (χ3n) is 5.14. The predicted molar refractivity (Wildman–Crippen MR) is 121 cm³/mol. The van der Waals surface area contributed by atoms with E-state index in [1.54, 1.807) is 7.11 Å². The van der Waals surface area contributed by atoms with Crippen molar-refractivity contribution in [2.75, 3.05) is 13.7 Å². The molecule has 154 valence electrons. The summed E-state index contributed by atoms with van der Waals surface area (Å²) in [6, 6.07) is 21.7. The topological polar surface area (TPSA) is 35.1 Å². The molecular formula is C25H32NO2S+. The van der Waals surface area contributed by atoms with Crippen molar-refractivity contribution in [2.24, 2.45) is 0 Å². The van der Waals surface area contributed by atoms with Gasteiger partial charge < -0.3 is 14.8 Å². The van der Waals surface area contributed by atoms with Gasteiger partial charge in [-0.2, -0.15) is 0 Å². The molecule has 4 heteroatoms. The summed E-state index contributed by atoms with van der Waals surface area (Å²) in [6.45, 7) is 7.43. The lowest BCUT2D eigenvalue weighted by atomic mass is 9.87. The second-order valence-corrected chi connectivity index (χ2v) is 8.63. The summed E-state index contributed by atoms with van der Waals surface area (Å²) in [5.41, 5.74) is 2.53. The number of methoxy groups -OCH3 is 1. The normalized spacial score (nSPS) is 13.3. The van der Waals surface area contributed by atoms with Gasteiger partial charge in [-0.15, -0.1) is 11.3 Å². The minimum Gasteiger partial charge on any atom is -0.496 e. The fraction of sp³-hybridized carbons (Fsp3) is 0.360. The summed E-state index contributed by atoms with van der Waals surface area (Å²) < 4.78 is 11.5. The van der Waals surface area contributed by atoms with Gasteiger partial charge in [-0.05, 0) is 56.0 Å². The van der Waals surface area contributed by atoms with Gasteiger partial charge in [0.1, 0.15) is 17.5 Å². The van der Waals surface area contributed by atoms with E-state index in [4.69, 9.17) is 9.47 Å². The number of hydrogen-bond acceptors (Lipinski definition) is 3. The van der Waals surface area contributed by atoms with Crippen molar-refractivity contribution >= 4 is 11.3 Å². The average molecular weight is 411 g/mol. The first kappa shape index (κ1) is 21.4. The Morgan fingerprint density at radius 1 is 0.931 bits per heavy atom. The van der Waals surface area contributed by atoms with Crippen LogP contribution in [-0.2, 0) is 0 Å². The summed E-state index contributed by atoms with van der Waals surface area (Å²) in [4.78, 5) is 1.43. The molecule has 2 atom stereocenters. The van der Waals surface area contributed by atoms with Crippen LogP contribution in [0.4, 0.5) is 0 Å². The molecule has 0 aliphatic rings. The Bertz CT molecular complexity index is 859. The molecule has 2 aromatic carbocycles. The molecule has 0 radical (unpaired) electrons. The molecule has 3 aromatic rings. The first-order valence-corrected chi connectivity index (χ1v) is 11.2. The maximum absolute atomic E-state index is 5.82. The van der Waals surface area contributed by atoms with Gasteiger partial charge in [-0.3, -0.25) is 0 Å². The van der Waals surface area contributed by atoms with Crippen LogP contribution in [0, 0.1) is 0 Å². The van der Waals surface area contributed by atoms with Crippen LogP contribution >= 0.6 is 11.3 Å². The van der Waals surface area contributed by atoms with Crippen molar-refractivity contribution < 1.29 is 14.8 Å². The van der Waals surface area contributed by atoms with Crippen molar-refractivity contribution in [1.82, 2.24) is 0 Å². The average Bonchev–Trinajstić information content (AvgIpc) is 3.26. The minimum atomic E-state index is 0.180. The Balaban J connectivity index is 1.78. The van der Waals surface area contributed by atoms with E-state index in [1.807, 2.05) is 17.4 Å². The van der Waals surface area contributed by atoms with E-state index in [9.17, 15) is 0 Å². The number of hydrogen-bond donors (Lipinski definition) is 1. The van der Waals surface area contributed by atoms with E-state index in [2.05, 4.69) is 86.1 Å². The molecule has 2 N–H and O–H groups in total. The zero-order valence-electron chi connectivity index (χ0n) is 17.8. The molecule has 29 heavy (non-hydrogen) atoms. The monoisotopic (exact) mass is 410 g/mol. The number of nitrogens with two attached hydrogens (primary N) is 1. The fourth-order valence-corrected chi connectivity index (χ4v) is 4.47. The Labute approximate surface area is 178 Å². The number of benzene rings is 2. The highest BCUT2D eigenvalue weighted by Crippen LogP contribution is 2.34. The van der Waals surface area contributed by atoms with Gasteiger partial charge in [0.15, 0.2) is 0 Å². The second kappa shape index (κ2) is 10.5. The minimum absolute atomic E-state index is 0.180. The van der Waals surface area contributed by atoms with Crippen LogP contribution in [0.15, 0.2) is 66.0 Å². The third kappa shape index (κ3) is 5.84. The number of para-hydroxylation sites is 1. The zero-order chi connectivity index (χ0) is 20.6. The van der Waals surface area contributed by atoms with Gasteiger partial charge in [-0.1, -0.05) is 36.4 Å². The first-order valence-electron chi connectivity index (χ1n) is 10.3. The molecule has 0 saturated heterocycles. The van der Waals surface area contributed by atoms with Crippen molar-refractivity contribution in [2.45, 2.75) is 45.3 Å². The Morgan fingerprint density at radius 3 is 2.34 bits per heavy atom. The maximum atomic E-state index is 5.82. The van der Waals surface area contributed by atoms with Crippen LogP contribution in [0.5, 0.6) is 11.5 Å². The highest BCUT2D eigenvalue weighted by Gasteiger charge is 2.20. The molecular weight excluding hydrogens is 378 g/mol. The van der Waals surface area contributed by atoms with Gasteiger partial charge in [0, 0.05) is 17.9 Å². The van der Waals surface area contributed by atoms with Crippen LogP contribution in [-0.4, -0.2) is 19.8 Å². The molecule has 3 nitrogen and oxygen atoms in total. The summed E-state index contributed by atoms with van der Waals surface area (Å²) in [5, 5.41) is 4.59. The molecule has 1 heterocycles. The molecule has 0 saturated carbocycles. The SMILES string of the molecule is COc1ccccc1[C@@H](CC[NH2+][C@@H](C)c1cccs1)c1ccc(OC(C)C)cc1. The van der Waals surface area contributed by atoms with Gasteiger partial charge in [0.05, 0.1) is 24.6 Å². The van der Waals surface area contributed by atoms with Crippen molar-refractivity contribution in [1.29, 1.82) is 0 Å². The molecule has 0 aliphatic heterocycles. The van der Waals surface area contributed by atoms with Crippen molar-refractivity contribution in [3.63, 3.8) is 0 Å². The molecule has 0 amide bonds. The predicted octanol–water partition coefficient (Wildman–Crippen LogP) is 5.39. The Hall–Kier alpha value is -2.30. The third-order valence-corrected chi connectivity index (χ3v) is 6.21. The van der Waals surface area contributed by atoms with Gasteiger partial charge in [-0.25, -0.2) is 0 Å². The van der Waals surface area contributed by atoms with E-state index in [-0.39, 0.29) is 12.0 Å². The van der Waals surface area contributed by atoms with E-state index >= 15 is 0 Å². The van der Waals surface area contributed by atoms with Crippen LogP contribution in [0.3, 0.4) is 0 Å². The smallest absolute Gasteiger partial charge is 0.122 e. The van der Waals surface area contributed by atoms with Crippen LogP contribution in [0.25, 0.3) is 0 Å². The molecule has 0 fully saturated rings. The zero-order valence-corrected chi connectivity index (χ0v) is 18.6. The molecule has 0 aliphatic carbocycles. The summed E-state index contributed by atoms with van der Waals surface area (Å²) in [5.74, 6) is 2.15. The second-order valence-electron chi connectivity index (χ2n) is 7.65. The lowest BCUT2D eigenvalue weighted by Gasteiger charge is -2.21. The number of rotatable bonds is 10. The standard InChI is InChI=1S/C25H31NO2S/c1-18(2)28-21-13-11-20(12-14-21)22(23-8-5-6-9-24(23)27-4)15-16-26-19(3)25-10-7-17-29-25/h5-14,17-19,22,26H,15-16H2,1-4H3/p+1/t19-,22-/m0/s1. The van der Waals surface area contributed by atoms with Crippen LogP contribution < -0.4 is 14.8 Å². The highest BCUT2D eigenvalue weighted by atomic mass is 32.1. The lowest BCUT2D eigenvalue weighted by Crippen LogP contribution is -2.84. The molecule has 0 spiro atoms. The lowest BCUT2D eigenvalue weighted by molar-refractivity contribution is -0.692. The number of quaternary nitrogens is 1. The molecule has 1 aromatic heterocycles. The first-order chi connectivity index (χ1) is 14.1. The van der Waals surface area contributed by atoms with Crippen LogP contribution in [0.2, 0.25) is 0 Å². The number of thiophene rings is 1.